The highest BCUT2D eigenvalue weighted by atomic mass is 32.2. The summed E-state index contributed by atoms with van der Waals surface area (Å²) in [7, 11) is 0. The lowest BCUT2D eigenvalue weighted by Gasteiger charge is -2.12. The summed E-state index contributed by atoms with van der Waals surface area (Å²) in [5.74, 6) is 0.146. The van der Waals surface area contributed by atoms with E-state index < -0.39 is 11.9 Å². The van der Waals surface area contributed by atoms with Crippen molar-refractivity contribution in [2.45, 2.75) is 38.4 Å². The van der Waals surface area contributed by atoms with E-state index in [1.807, 2.05) is 37.4 Å². The maximum Gasteiger partial charge on any atom is 0.318 e. The Kier molecular flexibility index (Phi) is 6.65. The number of hydrogen-bond acceptors (Lipinski definition) is 7. The van der Waals surface area contributed by atoms with Gasteiger partial charge < -0.3 is 5.73 Å². The molecule has 0 radical (unpaired) electrons. The Morgan fingerprint density at radius 2 is 2.10 bits per heavy atom. The van der Waals surface area contributed by atoms with Crippen molar-refractivity contribution in [2.24, 2.45) is 5.73 Å². The predicted molar refractivity (Wildman–Crippen MR) is 114 cm³/mol. The Balaban J connectivity index is 1.86. The first-order chi connectivity index (χ1) is 13.9. The lowest BCUT2D eigenvalue weighted by molar-refractivity contribution is -0.119. The number of carbonyl (C=O) groups is 2. The number of thioether (sulfide) groups is 1. The SMILES string of the molecule is Cc1sc2nc(SCCCC(=O)NC(N)=O)n(Cc3ccccn3)c(=O)c2c1C. The van der Waals surface area contributed by atoms with Crippen LogP contribution < -0.4 is 16.6 Å². The summed E-state index contributed by atoms with van der Waals surface area (Å²) in [6.07, 6.45) is 2.38. The molecule has 3 aromatic heterocycles. The van der Waals surface area contributed by atoms with Gasteiger partial charge in [0.2, 0.25) is 5.91 Å². The van der Waals surface area contributed by atoms with Gasteiger partial charge in [0.15, 0.2) is 5.16 Å². The Hall–Kier alpha value is -2.72. The largest absolute Gasteiger partial charge is 0.351 e. The number of rotatable bonds is 7. The maximum absolute atomic E-state index is 13.2. The zero-order valence-corrected chi connectivity index (χ0v) is 17.7. The summed E-state index contributed by atoms with van der Waals surface area (Å²) in [5, 5.41) is 3.28. The first-order valence-electron chi connectivity index (χ1n) is 8.99. The average molecular weight is 432 g/mol. The number of carbonyl (C=O) groups excluding carboxylic acids is 2. The Morgan fingerprint density at radius 3 is 2.79 bits per heavy atom. The lowest BCUT2D eigenvalue weighted by atomic mass is 10.2. The van der Waals surface area contributed by atoms with Crippen LogP contribution in [0.15, 0.2) is 34.3 Å². The molecule has 3 amide bonds. The molecule has 0 atom stereocenters. The smallest absolute Gasteiger partial charge is 0.318 e. The van der Waals surface area contributed by atoms with Crippen LogP contribution in [0.5, 0.6) is 0 Å². The molecule has 0 aliphatic heterocycles. The molecule has 3 heterocycles. The molecule has 152 valence electrons. The minimum Gasteiger partial charge on any atom is -0.351 e. The second-order valence-electron chi connectivity index (χ2n) is 6.43. The van der Waals surface area contributed by atoms with E-state index in [2.05, 4.69) is 4.98 Å². The minimum absolute atomic E-state index is 0.0866. The molecule has 8 nitrogen and oxygen atoms in total. The molecule has 29 heavy (non-hydrogen) atoms. The van der Waals surface area contributed by atoms with Crippen LogP contribution in [0.1, 0.15) is 29.0 Å². The van der Waals surface area contributed by atoms with Gasteiger partial charge in [-0.25, -0.2) is 9.78 Å². The van der Waals surface area contributed by atoms with Gasteiger partial charge in [-0.15, -0.1) is 11.3 Å². The monoisotopic (exact) mass is 431 g/mol. The molecule has 0 aliphatic carbocycles. The molecule has 3 aromatic rings. The van der Waals surface area contributed by atoms with E-state index >= 15 is 0 Å². The van der Waals surface area contributed by atoms with E-state index in [9.17, 15) is 14.4 Å². The number of imide groups is 1. The van der Waals surface area contributed by atoms with Gasteiger partial charge in [-0.1, -0.05) is 17.8 Å². The number of aromatic nitrogens is 3. The standard InChI is InChI=1S/C19H21N5O3S2/c1-11-12(2)29-16-15(11)17(26)24(10-13-6-3-4-8-21-13)19(23-16)28-9-5-7-14(25)22-18(20)27/h3-4,6,8H,5,7,9-10H2,1-2H3,(H3,20,22,25,27). The number of nitrogens with one attached hydrogen (secondary N) is 1. The van der Waals surface area contributed by atoms with Crippen LogP contribution in [-0.2, 0) is 11.3 Å². The van der Waals surface area contributed by atoms with Gasteiger partial charge in [0.05, 0.1) is 17.6 Å². The first kappa shape index (κ1) is 21.0. The number of fused-ring (bicyclic) bond motifs is 1. The van der Waals surface area contributed by atoms with Gasteiger partial charge >= 0.3 is 6.03 Å². The van der Waals surface area contributed by atoms with E-state index in [4.69, 9.17) is 10.7 Å². The molecule has 0 saturated heterocycles. The van der Waals surface area contributed by atoms with Crippen molar-refractivity contribution in [1.82, 2.24) is 19.9 Å². The van der Waals surface area contributed by atoms with Crippen molar-refractivity contribution in [3.05, 3.63) is 50.9 Å². The molecule has 0 spiro atoms. The fraction of sp³-hybridized carbons (Fsp3) is 0.316. The van der Waals surface area contributed by atoms with Gasteiger partial charge in [-0.05, 0) is 38.0 Å². The number of nitrogens with zero attached hydrogens (tertiary/aromatic N) is 3. The van der Waals surface area contributed by atoms with Gasteiger partial charge in [-0.2, -0.15) is 0 Å². The molecule has 0 saturated carbocycles. The number of nitrogens with two attached hydrogens (primary N) is 1. The van der Waals surface area contributed by atoms with Gasteiger partial charge in [0.1, 0.15) is 4.83 Å². The normalized spacial score (nSPS) is 11.0. The predicted octanol–water partition coefficient (Wildman–Crippen LogP) is 2.59. The molecule has 0 unspecified atom stereocenters. The molecular formula is C19H21N5O3S2. The molecule has 3 rings (SSSR count). The van der Waals surface area contributed by atoms with Gasteiger partial charge in [0, 0.05) is 23.2 Å². The maximum atomic E-state index is 13.2. The van der Waals surface area contributed by atoms with E-state index in [-0.39, 0.29) is 12.0 Å². The molecule has 3 N–H and O–H groups in total. The van der Waals surface area contributed by atoms with Crippen molar-refractivity contribution in [1.29, 1.82) is 0 Å². The number of hydrogen-bond donors (Lipinski definition) is 2. The van der Waals surface area contributed by atoms with E-state index in [1.54, 1.807) is 10.8 Å². The van der Waals surface area contributed by atoms with Crippen molar-refractivity contribution in [3.8, 4) is 0 Å². The molecule has 0 aliphatic rings. The number of pyridine rings is 1. The Morgan fingerprint density at radius 1 is 1.31 bits per heavy atom. The summed E-state index contributed by atoms with van der Waals surface area (Å²) in [6, 6.07) is 4.71. The third-order valence-electron chi connectivity index (χ3n) is 4.34. The fourth-order valence-corrected chi connectivity index (χ4v) is 4.82. The fourth-order valence-electron chi connectivity index (χ4n) is 2.81. The van der Waals surface area contributed by atoms with Crippen LogP contribution in [-0.4, -0.2) is 32.2 Å². The lowest BCUT2D eigenvalue weighted by Crippen LogP contribution is -2.34. The third kappa shape index (κ3) is 5.01. The van der Waals surface area contributed by atoms with Crippen molar-refractivity contribution in [2.75, 3.05) is 5.75 Å². The van der Waals surface area contributed by atoms with E-state index in [0.717, 1.165) is 21.0 Å². The number of amides is 3. The van der Waals surface area contributed by atoms with Crippen LogP contribution >= 0.6 is 23.1 Å². The van der Waals surface area contributed by atoms with E-state index in [0.29, 0.717) is 29.3 Å². The second-order valence-corrected chi connectivity index (χ2v) is 8.70. The van der Waals surface area contributed by atoms with Gasteiger partial charge in [-0.3, -0.25) is 24.5 Å². The quantitative estimate of drug-likeness (QED) is 0.337. The summed E-state index contributed by atoms with van der Waals surface area (Å²) < 4.78 is 1.64. The van der Waals surface area contributed by atoms with E-state index in [1.165, 1.54) is 23.1 Å². The zero-order chi connectivity index (χ0) is 21.0. The Labute approximate surface area is 175 Å². The number of urea groups is 1. The van der Waals surface area contributed by atoms with Crippen LogP contribution in [0.3, 0.4) is 0 Å². The number of thiophene rings is 1. The molecule has 0 aromatic carbocycles. The molecule has 0 bridgehead atoms. The summed E-state index contributed by atoms with van der Waals surface area (Å²) in [5.41, 5.74) is 6.57. The van der Waals surface area contributed by atoms with Crippen molar-refractivity contribution in [3.63, 3.8) is 0 Å². The first-order valence-corrected chi connectivity index (χ1v) is 10.8. The number of aryl methyl sites for hydroxylation is 2. The topological polar surface area (TPSA) is 120 Å². The van der Waals surface area contributed by atoms with Gasteiger partial charge in [0.25, 0.3) is 5.56 Å². The Bertz CT molecular complexity index is 1110. The van der Waals surface area contributed by atoms with Crippen LogP contribution in [0.2, 0.25) is 0 Å². The van der Waals surface area contributed by atoms with Crippen LogP contribution in [0, 0.1) is 13.8 Å². The minimum atomic E-state index is -0.859. The third-order valence-corrected chi connectivity index (χ3v) is 6.51. The highest BCUT2D eigenvalue weighted by molar-refractivity contribution is 7.99. The summed E-state index contributed by atoms with van der Waals surface area (Å²) in [4.78, 5) is 46.3. The van der Waals surface area contributed by atoms with Crippen LogP contribution in [0.4, 0.5) is 4.79 Å². The number of primary amides is 1. The molecule has 10 heteroatoms. The van der Waals surface area contributed by atoms with Crippen molar-refractivity contribution < 1.29 is 9.59 Å². The molecular weight excluding hydrogens is 410 g/mol. The summed E-state index contributed by atoms with van der Waals surface area (Å²) in [6.45, 7) is 4.24. The highest BCUT2D eigenvalue weighted by Gasteiger charge is 2.17. The molecule has 0 fully saturated rings. The second kappa shape index (κ2) is 9.19. The zero-order valence-electron chi connectivity index (χ0n) is 16.1. The van der Waals surface area contributed by atoms with Crippen molar-refractivity contribution >= 4 is 45.3 Å². The average Bonchev–Trinajstić information content (AvgIpc) is 2.96. The van der Waals surface area contributed by atoms with Crippen LogP contribution in [0.25, 0.3) is 10.2 Å². The summed E-state index contributed by atoms with van der Waals surface area (Å²) >= 11 is 2.91. The highest BCUT2D eigenvalue weighted by Crippen LogP contribution is 2.28.